The van der Waals surface area contributed by atoms with Crippen LogP contribution in [0.3, 0.4) is 0 Å². The highest BCUT2D eigenvalue weighted by Crippen LogP contribution is 2.31. The van der Waals surface area contributed by atoms with Crippen molar-refractivity contribution in [2.45, 2.75) is 38.5 Å². The summed E-state index contributed by atoms with van der Waals surface area (Å²) in [5, 5.41) is 12.1. The van der Waals surface area contributed by atoms with Crippen LogP contribution in [0.15, 0.2) is 24.3 Å². The zero-order valence-corrected chi connectivity index (χ0v) is 14.2. The lowest BCUT2D eigenvalue weighted by Crippen LogP contribution is -2.36. The second-order valence-electron chi connectivity index (χ2n) is 6.90. The summed E-state index contributed by atoms with van der Waals surface area (Å²) in [6, 6.07) is 6.84. The molecule has 1 aliphatic carbocycles. The van der Waals surface area contributed by atoms with E-state index in [-0.39, 0.29) is 11.8 Å². The Kier molecular flexibility index (Phi) is 5.36. The summed E-state index contributed by atoms with van der Waals surface area (Å²) in [6.45, 7) is 1.60. The van der Waals surface area contributed by atoms with E-state index < -0.39 is 17.8 Å². The molecule has 1 saturated heterocycles. The lowest BCUT2D eigenvalue weighted by atomic mass is 9.78. The standard InChI is InChI=1S/C19H24N2O4/c22-17(15-5-1-2-6-16(15)19(24)25)20-14-9-7-13(8-10-14)18(23)21-11-3-4-12-21/h7-10,15-16H,1-6,11-12H2,(H,20,22)(H,24,25)/t15-,16+/m0/s1. The van der Waals surface area contributed by atoms with Crippen molar-refractivity contribution in [3.05, 3.63) is 29.8 Å². The van der Waals surface area contributed by atoms with E-state index in [4.69, 9.17) is 0 Å². The third-order valence-electron chi connectivity index (χ3n) is 5.21. The average molecular weight is 344 g/mol. The van der Waals surface area contributed by atoms with Crippen molar-refractivity contribution in [1.29, 1.82) is 0 Å². The number of aliphatic carboxylic acids is 1. The maximum absolute atomic E-state index is 12.5. The minimum atomic E-state index is -0.897. The quantitative estimate of drug-likeness (QED) is 0.879. The molecule has 2 aliphatic rings. The van der Waals surface area contributed by atoms with Crippen molar-refractivity contribution in [3.63, 3.8) is 0 Å². The van der Waals surface area contributed by atoms with Crippen molar-refractivity contribution >= 4 is 23.5 Å². The minimum Gasteiger partial charge on any atom is -0.481 e. The van der Waals surface area contributed by atoms with Crippen LogP contribution in [0.2, 0.25) is 0 Å². The summed E-state index contributed by atoms with van der Waals surface area (Å²) in [4.78, 5) is 38.0. The van der Waals surface area contributed by atoms with Crippen LogP contribution in [-0.4, -0.2) is 40.9 Å². The number of carboxylic acids is 1. The average Bonchev–Trinajstić information content (AvgIpc) is 3.16. The highest BCUT2D eigenvalue weighted by molar-refractivity contribution is 5.97. The number of carbonyl (C=O) groups is 3. The van der Waals surface area contributed by atoms with Gasteiger partial charge in [0.15, 0.2) is 0 Å². The molecule has 3 rings (SSSR count). The molecule has 2 amide bonds. The van der Waals surface area contributed by atoms with E-state index in [0.717, 1.165) is 38.8 Å². The normalized spacial score (nSPS) is 23.3. The van der Waals surface area contributed by atoms with Crippen LogP contribution in [0.5, 0.6) is 0 Å². The van der Waals surface area contributed by atoms with Gasteiger partial charge in [0, 0.05) is 24.3 Å². The first-order chi connectivity index (χ1) is 12.1. The van der Waals surface area contributed by atoms with Gasteiger partial charge in [-0.25, -0.2) is 0 Å². The van der Waals surface area contributed by atoms with Crippen molar-refractivity contribution in [2.24, 2.45) is 11.8 Å². The van der Waals surface area contributed by atoms with E-state index in [9.17, 15) is 19.5 Å². The monoisotopic (exact) mass is 344 g/mol. The minimum absolute atomic E-state index is 0.0219. The van der Waals surface area contributed by atoms with E-state index in [1.165, 1.54) is 0 Å². The summed E-state index contributed by atoms with van der Waals surface area (Å²) in [6.07, 6.45) is 4.99. The van der Waals surface area contributed by atoms with Crippen LogP contribution < -0.4 is 5.32 Å². The van der Waals surface area contributed by atoms with Crippen molar-refractivity contribution in [1.82, 2.24) is 4.90 Å². The number of hydrogen-bond donors (Lipinski definition) is 2. The van der Waals surface area contributed by atoms with Gasteiger partial charge in [-0.2, -0.15) is 0 Å². The Hall–Kier alpha value is -2.37. The van der Waals surface area contributed by atoms with E-state index in [0.29, 0.717) is 24.1 Å². The lowest BCUT2D eigenvalue weighted by Gasteiger charge is -2.27. The number of hydrogen-bond acceptors (Lipinski definition) is 3. The van der Waals surface area contributed by atoms with Crippen LogP contribution >= 0.6 is 0 Å². The van der Waals surface area contributed by atoms with Gasteiger partial charge in [0.25, 0.3) is 5.91 Å². The van der Waals surface area contributed by atoms with E-state index >= 15 is 0 Å². The van der Waals surface area contributed by atoms with Gasteiger partial charge >= 0.3 is 5.97 Å². The topological polar surface area (TPSA) is 86.7 Å². The second-order valence-corrected chi connectivity index (χ2v) is 6.90. The molecule has 1 saturated carbocycles. The summed E-state index contributed by atoms with van der Waals surface area (Å²) in [5.74, 6) is -2.22. The number of carboxylic acid groups (broad SMARTS) is 1. The van der Waals surface area contributed by atoms with Gasteiger partial charge < -0.3 is 15.3 Å². The highest BCUT2D eigenvalue weighted by atomic mass is 16.4. The van der Waals surface area contributed by atoms with Crippen molar-refractivity contribution in [3.8, 4) is 0 Å². The van der Waals surface area contributed by atoms with Crippen LogP contribution in [0.1, 0.15) is 48.9 Å². The zero-order valence-electron chi connectivity index (χ0n) is 14.2. The van der Waals surface area contributed by atoms with Gasteiger partial charge in [0.05, 0.1) is 11.8 Å². The van der Waals surface area contributed by atoms with Crippen LogP contribution in [0.4, 0.5) is 5.69 Å². The molecule has 0 aromatic heterocycles. The fourth-order valence-electron chi connectivity index (χ4n) is 3.77. The van der Waals surface area contributed by atoms with E-state index in [1.807, 2.05) is 4.90 Å². The van der Waals surface area contributed by atoms with Gasteiger partial charge in [0.2, 0.25) is 5.91 Å². The lowest BCUT2D eigenvalue weighted by molar-refractivity contribution is -0.147. The number of nitrogens with zero attached hydrogens (tertiary/aromatic N) is 1. The van der Waals surface area contributed by atoms with E-state index in [2.05, 4.69) is 5.32 Å². The van der Waals surface area contributed by atoms with Crippen molar-refractivity contribution < 1.29 is 19.5 Å². The number of amides is 2. The summed E-state index contributed by atoms with van der Waals surface area (Å²) in [5.41, 5.74) is 1.21. The first-order valence-electron chi connectivity index (χ1n) is 8.99. The number of benzene rings is 1. The Balaban J connectivity index is 1.63. The fourth-order valence-corrected chi connectivity index (χ4v) is 3.77. The second kappa shape index (κ2) is 7.68. The Morgan fingerprint density at radius 1 is 0.920 bits per heavy atom. The zero-order chi connectivity index (χ0) is 17.8. The molecular formula is C19H24N2O4. The molecule has 2 N–H and O–H groups in total. The largest absolute Gasteiger partial charge is 0.481 e. The van der Waals surface area contributed by atoms with Crippen LogP contribution in [0.25, 0.3) is 0 Å². The molecule has 25 heavy (non-hydrogen) atoms. The molecule has 1 aliphatic heterocycles. The first kappa shape index (κ1) is 17.5. The van der Waals surface area contributed by atoms with Gasteiger partial charge in [-0.15, -0.1) is 0 Å². The van der Waals surface area contributed by atoms with Gasteiger partial charge in [-0.1, -0.05) is 12.8 Å². The third-order valence-corrected chi connectivity index (χ3v) is 5.21. The molecule has 2 fully saturated rings. The number of likely N-dealkylation sites (tertiary alicyclic amines) is 1. The first-order valence-corrected chi connectivity index (χ1v) is 8.99. The number of carbonyl (C=O) groups excluding carboxylic acids is 2. The van der Waals surface area contributed by atoms with Gasteiger partial charge in [0.1, 0.15) is 0 Å². The van der Waals surface area contributed by atoms with Crippen molar-refractivity contribution in [2.75, 3.05) is 18.4 Å². The maximum atomic E-state index is 12.5. The summed E-state index contributed by atoms with van der Waals surface area (Å²) >= 11 is 0. The highest BCUT2D eigenvalue weighted by Gasteiger charge is 2.35. The molecular weight excluding hydrogens is 320 g/mol. The summed E-state index contributed by atoms with van der Waals surface area (Å²) in [7, 11) is 0. The van der Waals surface area contributed by atoms with Gasteiger partial charge in [-0.05, 0) is 49.9 Å². The number of nitrogens with one attached hydrogen (secondary N) is 1. The molecule has 2 atom stereocenters. The molecule has 6 heteroatoms. The molecule has 6 nitrogen and oxygen atoms in total. The molecule has 0 radical (unpaired) electrons. The van der Waals surface area contributed by atoms with E-state index in [1.54, 1.807) is 24.3 Å². The number of rotatable bonds is 4. The Bertz CT molecular complexity index is 650. The predicted molar refractivity (Wildman–Crippen MR) is 93.3 cm³/mol. The SMILES string of the molecule is O=C(Nc1ccc(C(=O)N2CCCC2)cc1)[C@H]1CCCC[C@H]1C(=O)O. The Labute approximate surface area is 147 Å². The Morgan fingerprint density at radius 2 is 1.52 bits per heavy atom. The molecule has 0 unspecified atom stereocenters. The Morgan fingerprint density at radius 3 is 2.12 bits per heavy atom. The smallest absolute Gasteiger partial charge is 0.307 e. The molecule has 0 spiro atoms. The fraction of sp³-hybridized carbons (Fsp3) is 0.526. The molecule has 134 valence electrons. The summed E-state index contributed by atoms with van der Waals surface area (Å²) < 4.78 is 0. The predicted octanol–water partition coefficient (Wildman–Crippen LogP) is 2.75. The molecule has 1 heterocycles. The molecule has 0 bridgehead atoms. The van der Waals surface area contributed by atoms with Crippen LogP contribution in [-0.2, 0) is 9.59 Å². The molecule has 1 aromatic rings. The van der Waals surface area contributed by atoms with Gasteiger partial charge in [-0.3, -0.25) is 14.4 Å². The van der Waals surface area contributed by atoms with Crippen LogP contribution in [0, 0.1) is 11.8 Å². The number of anilines is 1. The third kappa shape index (κ3) is 4.00. The molecule has 1 aromatic carbocycles. The maximum Gasteiger partial charge on any atom is 0.307 e.